The predicted octanol–water partition coefficient (Wildman–Crippen LogP) is 3.26. The van der Waals surface area contributed by atoms with Gasteiger partial charge in [0.15, 0.2) is 0 Å². The number of benzene rings is 1. The summed E-state index contributed by atoms with van der Waals surface area (Å²) in [6, 6.07) is 8.98. The van der Waals surface area contributed by atoms with Crippen molar-refractivity contribution in [2.45, 2.75) is 6.61 Å². The number of rotatable bonds is 3. The van der Waals surface area contributed by atoms with Gasteiger partial charge in [0.05, 0.1) is 6.61 Å². The lowest BCUT2D eigenvalue weighted by atomic mass is 10.2. The maximum atomic E-state index is 11.9. The Morgan fingerprint density at radius 2 is 2.24 bits per heavy atom. The van der Waals surface area contributed by atoms with E-state index in [-0.39, 0.29) is 12.5 Å². The molecule has 2 rings (SSSR count). The van der Waals surface area contributed by atoms with Gasteiger partial charge >= 0.3 is 0 Å². The van der Waals surface area contributed by atoms with Crippen molar-refractivity contribution in [2.24, 2.45) is 0 Å². The number of hydrogen-bond acceptors (Lipinski definition) is 3. The molecule has 0 spiro atoms. The highest BCUT2D eigenvalue weighted by Gasteiger charge is 2.11. The largest absolute Gasteiger partial charge is 0.392 e. The first-order chi connectivity index (χ1) is 8.20. The van der Waals surface area contributed by atoms with Crippen molar-refractivity contribution in [1.29, 1.82) is 0 Å². The third-order valence-corrected chi connectivity index (χ3v) is 4.03. The van der Waals surface area contributed by atoms with Crippen molar-refractivity contribution in [3.63, 3.8) is 0 Å². The van der Waals surface area contributed by atoms with Gasteiger partial charge in [-0.3, -0.25) is 4.79 Å². The molecule has 0 radical (unpaired) electrons. The van der Waals surface area contributed by atoms with Gasteiger partial charge < -0.3 is 10.4 Å². The van der Waals surface area contributed by atoms with E-state index in [1.54, 1.807) is 24.3 Å². The van der Waals surface area contributed by atoms with Crippen LogP contribution in [0.5, 0.6) is 0 Å². The third-order valence-electron chi connectivity index (χ3n) is 2.19. The molecule has 88 valence electrons. The predicted molar refractivity (Wildman–Crippen MR) is 72.3 cm³/mol. The fourth-order valence-electron chi connectivity index (χ4n) is 1.39. The van der Waals surface area contributed by atoms with E-state index < -0.39 is 0 Å². The number of anilines is 1. The van der Waals surface area contributed by atoms with E-state index in [2.05, 4.69) is 21.2 Å². The van der Waals surface area contributed by atoms with Crippen LogP contribution in [0.15, 0.2) is 40.2 Å². The molecule has 5 heteroatoms. The van der Waals surface area contributed by atoms with E-state index in [1.165, 1.54) is 11.3 Å². The smallest absolute Gasteiger partial charge is 0.266 e. The van der Waals surface area contributed by atoms with Crippen LogP contribution in [0.25, 0.3) is 0 Å². The first kappa shape index (κ1) is 12.3. The average molecular weight is 312 g/mol. The zero-order chi connectivity index (χ0) is 12.3. The molecule has 0 atom stereocenters. The Hall–Kier alpha value is -1.17. The Labute approximate surface area is 111 Å². The van der Waals surface area contributed by atoms with E-state index in [1.807, 2.05) is 11.4 Å². The Bertz CT molecular complexity index is 539. The van der Waals surface area contributed by atoms with E-state index >= 15 is 0 Å². The van der Waals surface area contributed by atoms with Crippen molar-refractivity contribution in [2.75, 3.05) is 5.32 Å². The number of hydrogen-bond donors (Lipinski definition) is 2. The standard InChI is InChI=1S/C12H10BrNO2S/c13-10-4-5-17-11(10)12(16)14-9-3-1-2-8(6-9)7-15/h1-6,15H,7H2,(H,14,16). The molecule has 0 fully saturated rings. The molecule has 1 heterocycles. The number of carbonyl (C=O) groups excluding carboxylic acids is 1. The molecule has 1 amide bonds. The maximum Gasteiger partial charge on any atom is 0.266 e. The molecule has 0 aliphatic carbocycles. The van der Waals surface area contributed by atoms with Gasteiger partial charge in [-0.2, -0.15) is 0 Å². The summed E-state index contributed by atoms with van der Waals surface area (Å²) in [5, 5.41) is 13.6. The number of carbonyl (C=O) groups is 1. The number of thiophene rings is 1. The second kappa shape index (κ2) is 5.44. The normalized spacial score (nSPS) is 10.2. The van der Waals surface area contributed by atoms with Crippen LogP contribution in [0.2, 0.25) is 0 Å². The number of aliphatic hydroxyl groups is 1. The van der Waals surface area contributed by atoms with Crippen LogP contribution in [-0.4, -0.2) is 11.0 Å². The Morgan fingerprint density at radius 3 is 2.88 bits per heavy atom. The van der Waals surface area contributed by atoms with Gasteiger partial charge in [-0.25, -0.2) is 0 Å². The molecule has 0 saturated heterocycles. The summed E-state index contributed by atoms with van der Waals surface area (Å²) in [4.78, 5) is 12.5. The summed E-state index contributed by atoms with van der Waals surface area (Å²) in [5.74, 6) is -0.151. The van der Waals surface area contributed by atoms with Gasteiger partial charge in [0.1, 0.15) is 4.88 Å². The molecule has 3 nitrogen and oxygen atoms in total. The number of nitrogens with one attached hydrogen (secondary N) is 1. The summed E-state index contributed by atoms with van der Waals surface area (Å²) >= 11 is 4.70. The van der Waals surface area contributed by atoms with Gasteiger partial charge in [-0.1, -0.05) is 12.1 Å². The zero-order valence-corrected chi connectivity index (χ0v) is 11.2. The zero-order valence-electron chi connectivity index (χ0n) is 8.81. The third kappa shape index (κ3) is 2.94. The minimum Gasteiger partial charge on any atom is -0.392 e. The number of amides is 1. The first-order valence-electron chi connectivity index (χ1n) is 4.95. The van der Waals surface area contributed by atoms with Crippen LogP contribution in [-0.2, 0) is 6.61 Å². The van der Waals surface area contributed by atoms with Crippen molar-refractivity contribution >= 4 is 38.9 Å². The highest BCUT2D eigenvalue weighted by molar-refractivity contribution is 9.10. The van der Waals surface area contributed by atoms with E-state index in [9.17, 15) is 4.79 Å². The molecule has 0 unspecified atom stereocenters. The molecule has 2 N–H and O–H groups in total. The molecule has 1 aromatic heterocycles. The molecular formula is C12H10BrNO2S. The van der Waals surface area contributed by atoms with Gasteiger partial charge in [0, 0.05) is 10.2 Å². The lowest BCUT2D eigenvalue weighted by Crippen LogP contribution is -2.10. The molecule has 0 aliphatic heterocycles. The Morgan fingerprint density at radius 1 is 1.41 bits per heavy atom. The lowest BCUT2D eigenvalue weighted by molar-refractivity contribution is 0.103. The van der Waals surface area contributed by atoms with Crippen molar-refractivity contribution < 1.29 is 9.90 Å². The summed E-state index contributed by atoms with van der Waals surface area (Å²) in [7, 11) is 0. The average Bonchev–Trinajstić information content (AvgIpc) is 2.76. The molecule has 0 saturated carbocycles. The molecule has 17 heavy (non-hydrogen) atoms. The van der Waals surface area contributed by atoms with Crippen LogP contribution in [0.4, 0.5) is 5.69 Å². The molecule has 1 aromatic carbocycles. The number of halogens is 1. The molecule has 2 aromatic rings. The summed E-state index contributed by atoms with van der Waals surface area (Å²) in [6.45, 7) is -0.0353. The summed E-state index contributed by atoms with van der Waals surface area (Å²) < 4.78 is 0.790. The van der Waals surface area contributed by atoms with Gasteiger partial charge in [-0.05, 0) is 45.1 Å². The quantitative estimate of drug-likeness (QED) is 0.914. The van der Waals surface area contributed by atoms with E-state index in [0.29, 0.717) is 10.6 Å². The monoisotopic (exact) mass is 311 g/mol. The fourth-order valence-corrected chi connectivity index (χ4v) is 2.84. The van der Waals surface area contributed by atoms with Gasteiger partial charge in [0.2, 0.25) is 0 Å². The van der Waals surface area contributed by atoms with Crippen LogP contribution < -0.4 is 5.32 Å². The van der Waals surface area contributed by atoms with Crippen molar-refractivity contribution in [3.8, 4) is 0 Å². The first-order valence-corrected chi connectivity index (χ1v) is 6.62. The highest BCUT2D eigenvalue weighted by Crippen LogP contribution is 2.23. The minimum absolute atomic E-state index is 0.0353. The summed E-state index contributed by atoms with van der Waals surface area (Å²) in [5.41, 5.74) is 1.45. The molecular weight excluding hydrogens is 302 g/mol. The van der Waals surface area contributed by atoms with Crippen molar-refractivity contribution in [1.82, 2.24) is 0 Å². The minimum atomic E-state index is -0.151. The molecule has 0 aliphatic rings. The second-order valence-electron chi connectivity index (χ2n) is 3.41. The fraction of sp³-hybridized carbons (Fsp3) is 0.0833. The number of aliphatic hydroxyl groups excluding tert-OH is 1. The van der Waals surface area contributed by atoms with Crippen LogP contribution in [0.3, 0.4) is 0 Å². The summed E-state index contributed by atoms with van der Waals surface area (Å²) in [6.07, 6.45) is 0. The van der Waals surface area contributed by atoms with Crippen molar-refractivity contribution in [3.05, 3.63) is 50.6 Å². The SMILES string of the molecule is O=C(Nc1cccc(CO)c1)c1sccc1Br. The Balaban J connectivity index is 2.16. The molecule has 0 bridgehead atoms. The van der Waals surface area contributed by atoms with Gasteiger partial charge in [0.25, 0.3) is 5.91 Å². The van der Waals surface area contributed by atoms with E-state index in [0.717, 1.165) is 10.0 Å². The second-order valence-corrected chi connectivity index (χ2v) is 5.18. The Kier molecular flexibility index (Phi) is 3.93. The maximum absolute atomic E-state index is 11.9. The van der Waals surface area contributed by atoms with Crippen LogP contribution in [0, 0.1) is 0 Å². The van der Waals surface area contributed by atoms with Gasteiger partial charge in [-0.15, -0.1) is 11.3 Å². The van der Waals surface area contributed by atoms with Crippen LogP contribution in [0.1, 0.15) is 15.2 Å². The highest BCUT2D eigenvalue weighted by atomic mass is 79.9. The topological polar surface area (TPSA) is 49.3 Å². The lowest BCUT2D eigenvalue weighted by Gasteiger charge is -2.05. The van der Waals surface area contributed by atoms with E-state index in [4.69, 9.17) is 5.11 Å². The van der Waals surface area contributed by atoms with Crippen LogP contribution >= 0.6 is 27.3 Å².